The molecule has 0 heterocycles. The highest BCUT2D eigenvalue weighted by Crippen LogP contribution is 2.18. The van der Waals surface area contributed by atoms with Crippen molar-refractivity contribution in [1.29, 1.82) is 0 Å². The molecule has 0 spiro atoms. The minimum absolute atomic E-state index is 0.0424. The van der Waals surface area contributed by atoms with Crippen LogP contribution in [-0.4, -0.2) is 8.42 Å². The normalized spacial score (nSPS) is 11.4. The number of anilines is 1. The molecular formula is C15H17FN2O2S. The Hall–Kier alpha value is -1.92. The van der Waals surface area contributed by atoms with Crippen LogP contribution >= 0.6 is 0 Å². The van der Waals surface area contributed by atoms with Crippen LogP contribution in [0.1, 0.15) is 16.7 Å². The molecule has 0 atom stereocenters. The van der Waals surface area contributed by atoms with Gasteiger partial charge in [0.25, 0.3) is 0 Å². The molecule has 0 aromatic heterocycles. The van der Waals surface area contributed by atoms with Crippen molar-refractivity contribution < 1.29 is 12.8 Å². The molecule has 0 unspecified atom stereocenters. The Morgan fingerprint density at radius 3 is 2.29 bits per heavy atom. The molecule has 0 aliphatic carbocycles. The zero-order chi connectivity index (χ0) is 15.5. The first-order valence-corrected chi connectivity index (χ1v) is 8.09. The number of hydrogen-bond donors (Lipinski definition) is 2. The number of halogens is 1. The van der Waals surface area contributed by atoms with Crippen molar-refractivity contribution in [3.63, 3.8) is 0 Å². The fourth-order valence-electron chi connectivity index (χ4n) is 1.90. The van der Waals surface area contributed by atoms with Crippen LogP contribution in [0, 0.1) is 12.7 Å². The van der Waals surface area contributed by atoms with Crippen LogP contribution in [0.5, 0.6) is 0 Å². The van der Waals surface area contributed by atoms with Crippen molar-refractivity contribution in [3.05, 3.63) is 65.0 Å². The highest BCUT2D eigenvalue weighted by molar-refractivity contribution is 7.91. The Balaban J connectivity index is 2.14. The number of sulfonamides is 1. The van der Waals surface area contributed by atoms with Crippen LogP contribution in [0.15, 0.2) is 42.5 Å². The summed E-state index contributed by atoms with van der Waals surface area (Å²) >= 11 is 0. The highest BCUT2D eigenvalue weighted by atomic mass is 32.2. The van der Waals surface area contributed by atoms with Crippen molar-refractivity contribution in [1.82, 2.24) is 0 Å². The summed E-state index contributed by atoms with van der Waals surface area (Å²) in [6, 6.07) is 11.3. The number of aryl methyl sites for hydroxylation is 1. The van der Waals surface area contributed by atoms with Gasteiger partial charge in [0, 0.05) is 6.54 Å². The highest BCUT2D eigenvalue weighted by Gasteiger charge is 2.14. The first-order chi connectivity index (χ1) is 9.89. The molecule has 21 heavy (non-hydrogen) atoms. The summed E-state index contributed by atoms with van der Waals surface area (Å²) in [5.74, 6) is -0.803. The third-order valence-corrected chi connectivity index (χ3v) is 4.25. The van der Waals surface area contributed by atoms with Gasteiger partial charge in [-0.05, 0) is 35.7 Å². The van der Waals surface area contributed by atoms with E-state index in [-0.39, 0.29) is 11.4 Å². The first kappa shape index (κ1) is 15.5. The van der Waals surface area contributed by atoms with Crippen LogP contribution in [0.25, 0.3) is 0 Å². The second-order valence-corrected chi connectivity index (χ2v) is 6.59. The van der Waals surface area contributed by atoms with Gasteiger partial charge in [-0.2, -0.15) is 0 Å². The Kier molecular flexibility index (Phi) is 4.59. The predicted octanol–water partition coefficient (Wildman–Crippen LogP) is 2.53. The van der Waals surface area contributed by atoms with Gasteiger partial charge in [-0.25, -0.2) is 12.8 Å². The number of benzene rings is 2. The van der Waals surface area contributed by atoms with Crippen molar-refractivity contribution in [3.8, 4) is 0 Å². The lowest BCUT2D eigenvalue weighted by atomic mass is 10.1. The maximum absolute atomic E-state index is 13.7. The largest absolute Gasteiger partial charge is 0.326 e. The summed E-state index contributed by atoms with van der Waals surface area (Å²) in [5, 5.41) is 0. The molecule has 0 amide bonds. The minimum atomic E-state index is -3.66. The fourth-order valence-corrected chi connectivity index (χ4v) is 3.10. The molecule has 0 saturated carbocycles. The zero-order valence-electron chi connectivity index (χ0n) is 11.6. The van der Waals surface area contributed by atoms with Gasteiger partial charge in [-0.1, -0.05) is 30.3 Å². The third-order valence-electron chi connectivity index (χ3n) is 3.01. The maximum Gasteiger partial charge on any atom is 0.237 e. The molecule has 2 rings (SSSR count). The van der Waals surface area contributed by atoms with E-state index < -0.39 is 15.8 Å². The monoisotopic (exact) mass is 308 g/mol. The molecular weight excluding hydrogens is 291 g/mol. The van der Waals surface area contributed by atoms with Crippen LogP contribution < -0.4 is 10.5 Å². The van der Waals surface area contributed by atoms with Crippen molar-refractivity contribution >= 4 is 15.7 Å². The summed E-state index contributed by atoms with van der Waals surface area (Å²) in [6.07, 6.45) is 0. The quantitative estimate of drug-likeness (QED) is 0.891. The lowest BCUT2D eigenvalue weighted by Crippen LogP contribution is -2.16. The molecule has 0 fully saturated rings. The van der Waals surface area contributed by atoms with Gasteiger partial charge < -0.3 is 5.73 Å². The van der Waals surface area contributed by atoms with Gasteiger partial charge in [0.05, 0.1) is 11.4 Å². The average Bonchev–Trinajstić information content (AvgIpc) is 2.42. The van der Waals surface area contributed by atoms with Crippen molar-refractivity contribution in [2.24, 2.45) is 5.73 Å². The van der Waals surface area contributed by atoms with Crippen LogP contribution in [-0.2, 0) is 22.3 Å². The zero-order valence-corrected chi connectivity index (χ0v) is 12.5. The van der Waals surface area contributed by atoms with Crippen LogP contribution in [0.3, 0.4) is 0 Å². The maximum atomic E-state index is 13.7. The number of rotatable bonds is 5. The summed E-state index contributed by atoms with van der Waals surface area (Å²) < 4.78 is 40.1. The van der Waals surface area contributed by atoms with Crippen LogP contribution in [0.4, 0.5) is 10.1 Å². The van der Waals surface area contributed by atoms with Gasteiger partial charge in [-0.15, -0.1) is 0 Å². The van der Waals surface area contributed by atoms with Gasteiger partial charge in [-0.3, -0.25) is 4.72 Å². The van der Waals surface area contributed by atoms with Crippen LogP contribution in [0.2, 0.25) is 0 Å². The van der Waals surface area contributed by atoms with E-state index >= 15 is 0 Å². The number of nitrogens with two attached hydrogens (primary N) is 1. The van der Waals surface area contributed by atoms with E-state index in [9.17, 15) is 12.8 Å². The molecule has 4 nitrogen and oxygen atoms in total. The van der Waals surface area contributed by atoms with Crippen molar-refractivity contribution in [2.75, 3.05) is 4.72 Å². The summed E-state index contributed by atoms with van der Waals surface area (Å²) in [5.41, 5.74) is 7.72. The molecule has 2 aromatic rings. The van der Waals surface area contributed by atoms with Gasteiger partial charge in [0.2, 0.25) is 10.0 Å². The molecule has 0 aliphatic heterocycles. The molecule has 0 aliphatic rings. The SMILES string of the molecule is Cc1ccc(NS(=O)(=O)Cc2ccc(CN)cc2)c(F)c1. The van der Waals surface area contributed by atoms with E-state index in [4.69, 9.17) is 5.73 Å². The molecule has 3 N–H and O–H groups in total. The molecule has 0 saturated heterocycles. The summed E-state index contributed by atoms with van der Waals surface area (Å²) in [4.78, 5) is 0. The predicted molar refractivity (Wildman–Crippen MR) is 81.7 cm³/mol. The minimum Gasteiger partial charge on any atom is -0.326 e. The Labute approximate surface area is 123 Å². The molecule has 0 bridgehead atoms. The topological polar surface area (TPSA) is 72.2 Å². The Bertz CT molecular complexity index is 728. The van der Waals surface area contributed by atoms with Gasteiger partial charge >= 0.3 is 0 Å². The number of hydrogen-bond acceptors (Lipinski definition) is 3. The van der Waals surface area contributed by atoms with Crippen molar-refractivity contribution in [2.45, 2.75) is 19.2 Å². The molecule has 112 valence electrons. The Morgan fingerprint density at radius 1 is 1.10 bits per heavy atom. The number of nitrogens with one attached hydrogen (secondary N) is 1. The van der Waals surface area contributed by atoms with E-state index in [2.05, 4.69) is 4.72 Å². The van der Waals surface area contributed by atoms with Gasteiger partial charge in [0.15, 0.2) is 0 Å². The average molecular weight is 308 g/mol. The van der Waals surface area contributed by atoms with E-state index in [0.717, 1.165) is 11.1 Å². The van der Waals surface area contributed by atoms with E-state index in [0.29, 0.717) is 12.1 Å². The second-order valence-electron chi connectivity index (χ2n) is 4.87. The summed E-state index contributed by atoms with van der Waals surface area (Å²) in [7, 11) is -3.66. The lowest BCUT2D eigenvalue weighted by Gasteiger charge is -2.10. The third kappa shape index (κ3) is 4.27. The standard InChI is InChI=1S/C15H17FN2O2S/c1-11-2-7-15(14(16)8-11)18-21(19,20)10-13-5-3-12(9-17)4-6-13/h2-8,18H,9-10,17H2,1H3. The van der Waals surface area contributed by atoms with Gasteiger partial charge in [0.1, 0.15) is 5.82 Å². The molecule has 6 heteroatoms. The fraction of sp³-hybridized carbons (Fsp3) is 0.200. The van der Waals surface area contributed by atoms with E-state index in [1.165, 1.54) is 12.1 Å². The lowest BCUT2D eigenvalue weighted by molar-refractivity contribution is 0.597. The van der Waals surface area contributed by atoms with E-state index in [1.54, 1.807) is 37.3 Å². The molecule has 2 aromatic carbocycles. The summed E-state index contributed by atoms with van der Waals surface area (Å²) in [6.45, 7) is 2.14. The smallest absolute Gasteiger partial charge is 0.237 e. The second kappa shape index (κ2) is 6.24. The molecule has 0 radical (unpaired) electrons. The Morgan fingerprint density at radius 2 is 1.71 bits per heavy atom. The first-order valence-electron chi connectivity index (χ1n) is 6.44. The van der Waals surface area contributed by atoms with E-state index in [1.807, 2.05) is 0 Å².